The zero-order valence-electron chi connectivity index (χ0n) is 22.1. The van der Waals surface area contributed by atoms with Gasteiger partial charge in [-0.1, -0.05) is 42.3 Å². The van der Waals surface area contributed by atoms with E-state index >= 15 is 0 Å². The SMILES string of the molecule is CN(C(=O)Oc1cccnc1F)[C@@H]1CN(C(=O)C2CCN(C(=O)C3(C)CC3)CC2)C[C@H]1C1C=C(Cl)C(Cl)=CC1. The minimum atomic E-state index is -0.874. The first kappa shape index (κ1) is 27.9. The number of amides is 3. The lowest BCUT2D eigenvalue weighted by Crippen LogP contribution is -2.47. The van der Waals surface area contributed by atoms with Crippen LogP contribution in [0.1, 0.15) is 39.0 Å². The average molecular weight is 580 g/mol. The molecule has 1 aromatic rings. The van der Waals surface area contributed by atoms with Crippen molar-refractivity contribution in [3.05, 3.63) is 46.5 Å². The fraction of sp³-hybridized carbons (Fsp3) is 0.571. The van der Waals surface area contributed by atoms with Gasteiger partial charge in [0, 0.05) is 56.7 Å². The molecule has 3 heterocycles. The van der Waals surface area contributed by atoms with Crippen molar-refractivity contribution < 1.29 is 23.5 Å². The monoisotopic (exact) mass is 578 g/mol. The summed E-state index contributed by atoms with van der Waals surface area (Å²) < 4.78 is 19.3. The Hall–Kier alpha value is -2.65. The number of halogens is 3. The Bertz CT molecular complexity index is 1210. The number of carbonyl (C=O) groups excluding carboxylic acids is 3. The summed E-state index contributed by atoms with van der Waals surface area (Å²) in [6.45, 7) is 3.94. The molecule has 2 saturated heterocycles. The van der Waals surface area contributed by atoms with Crippen molar-refractivity contribution in [1.82, 2.24) is 19.7 Å². The molecule has 3 atom stereocenters. The summed E-state index contributed by atoms with van der Waals surface area (Å²) in [6, 6.07) is 2.44. The quantitative estimate of drug-likeness (QED) is 0.469. The van der Waals surface area contributed by atoms with E-state index in [1.54, 1.807) is 7.05 Å². The van der Waals surface area contributed by atoms with Crippen LogP contribution in [0, 0.1) is 29.1 Å². The molecule has 0 bridgehead atoms. The van der Waals surface area contributed by atoms with Crippen LogP contribution in [-0.4, -0.2) is 76.9 Å². The van der Waals surface area contributed by atoms with Crippen LogP contribution in [0.4, 0.5) is 9.18 Å². The molecule has 8 nitrogen and oxygen atoms in total. The van der Waals surface area contributed by atoms with Crippen LogP contribution in [0.3, 0.4) is 0 Å². The highest BCUT2D eigenvalue weighted by atomic mass is 35.5. The number of ether oxygens (including phenoxy) is 1. The van der Waals surface area contributed by atoms with Gasteiger partial charge >= 0.3 is 6.09 Å². The van der Waals surface area contributed by atoms with Crippen molar-refractivity contribution in [2.24, 2.45) is 23.2 Å². The van der Waals surface area contributed by atoms with Gasteiger partial charge in [0.25, 0.3) is 5.95 Å². The van der Waals surface area contributed by atoms with Gasteiger partial charge in [-0.05, 0) is 50.2 Å². The Kier molecular flexibility index (Phi) is 7.93. The molecule has 1 saturated carbocycles. The molecule has 0 spiro atoms. The number of likely N-dealkylation sites (tertiary alicyclic amines) is 2. The smallest absolute Gasteiger partial charge is 0.405 e. The van der Waals surface area contributed by atoms with Crippen LogP contribution in [0.5, 0.6) is 5.75 Å². The summed E-state index contributed by atoms with van der Waals surface area (Å²) in [5, 5.41) is 0.928. The molecule has 1 unspecified atom stereocenters. The zero-order chi connectivity index (χ0) is 27.9. The molecule has 3 fully saturated rings. The predicted molar refractivity (Wildman–Crippen MR) is 144 cm³/mol. The molecule has 2 aliphatic carbocycles. The minimum absolute atomic E-state index is 0.0340. The molecule has 39 heavy (non-hydrogen) atoms. The normalized spacial score (nSPS) is 26.5. The van der Waals surface area contributed by atoms with Gasteiger partial charge in [0.2, 0.25) is 11.8 Å². The Morgan fingerprint density at radius 3 is 2.49 bits per heavy atom. The molecular weight excluding hydrogens is 546 g/mol. The molecule has 0 N–H and O–H groups in total. The number of hydrogen-bond donors (Lipinski definition) is 0. The van der Waals surface area contributed by atoms with E-state index in [1.807, 2.05) is 28.9 Å². The van der Waals surface area contributed by atoms with Crippen LogP contribution in [0.2, 0.25) is 0 Å². The maximum absolute atomic E-state index is 14.0. The second kappa shape index (κ2) is 11.1. The first-order valence-electron chi connectivity index (χ1n) is 13.4. The van der Waals surface area contributed by atoms with E-state index < -0.39 is 12.0 Å². The average Bonchev–Trinajstić information content (AvgIpc) is 3.53. The highest BCUT2D eigenvalue weighted by Crippen LogP contribution is 2.47. The van der Waals surface area contributed by atoms with E-state index in [0.717, 1.165) is 12.8 Å². The molecule has 2 aliphatic heterocycles. The molecule has 5 rings (SSSR count). The van der Waals surface area contributed by atoms with Crippen molar-refractivity contribution in [3.63, 3.8) is 0 Å². The van der Waals surface area contributed by atoms with Crippen LogP contribution in [0.15, 0.2) is 40.5 Å². The molecule has 4 aliphatic rings. The summed E-state index contributed by atoms with van der Waals surface area (Å²) in [6.07, 6.45) is 8.02. The Morgan fingerprint density at radius 2 is 1.85 bits per heavy atom. The summed E-state index contributed by atoms with van der Waals surface area (Å²) in [7, 11) is 1.60. The number of pyridine rings is 1. The third kappa shape index (κ3) is 5.80. The molecule has 0 radical (unpaired) electrons. The second-order valence-electron chi connectivity index (χ2n) is 11.3. The van der Waals surface area contributed by atoms with Gasteiger partial charge in [-0.2, -0.15) is 4.39 Å². The van der Waals surface area contributed by atoms with E-state index in [2.05, 4.69) is 4.98 Å². The Morgan fingerprint density at radius 1 is 1.13 bits per heavy atom. The van der Waals surface area contributed by atoms with Crippen molar-refractivity contribution in [1.29, 1.82) is 0 Å². The van der Waals surface area contributed by atoms with Crippen LogP contribution >= 0.6 is 23.2 Å². The van der Waals surface area contributed by atoms with Crippen molar-refractivity contribution in [2.75, 3.05) is 33.2 Å². The van der Waals surface area contributed by atoms with Gasteiger partial charge in [-0.25, -0.2) is 9.78 Å². The third-order valence-corrected chi connectivity index (χ3v) is 9.49. The summed E-state index contributed by atoms with van der Waals surface area (Å²) >= 11 is 12.5. The zero-order valence-corrected chi connectivity index (χ0v) is 23.6. The van der Waals surface area contributed by atoms with Crippen LogP contribution in [0.25, 0.3) is 0 Å². The topological polar surface area (TPSA) is 83.1 Å². The number of carbonyl (C=O) groups is 3. The lowest BCUT2D eigenvalue weighted by Gasteiger charge is -2.34. The first-order chi connectivity index (χ1) is 18.6. The van der Waals surface area contributed by atoms with Gasteiger partial charge in [0.05, 0.1) is 16.1 Å². The summed E-state index contributed by atoms with van der Waals surface area (Å²) in [5.41, 5.74) is -0.212. The maximum Gasteiger partial charge on any atom is 0.415 e. The lowest BCUT2D eigenvalue weighted by atomic mass is 9.83. The number of hydrogen-bond acceptors (Lipinski definition) is 5. The van der Waals surface area contributed by atoms with E-state index in [1.165, 1.54) is 23.2 Å². The third-order valence-electron chi connectivity index (χ3n) is 8.71. The maximum atomic E-state index is 14.0. The number of piperidine rings is 1. The number of aromatic nitrogens is 1. The fourth-order valence-electron chi connectivity index (χ4n) is 5.91. The fourth-order valence-corrected chi connectivity index (χ4v) is 6.30. The Balaban J connectivity index is 1.28. The number of allylic oxidation sites excluding steroid dienone is 4. The van der Waals surface area contributed by atoms with Crippen LogP contribution in [-0.2, 0) is 9.59 Å². The highest BCUT2D eigenvalue weighted by Gasteiger charge is 2.49. The first-order valence-corrected chi connectivity index (χ1v) is 14.2. The molecule has 11 heteroatoms. The van der Waals surface area contributed by atoms with Crippen LogP contribution < -0.4 is 4.74 Å². The number of likely N-dealkylation sites (N-methyl/N-ethyl adjacent to an activating group) is 1. The molecular formula is C28H33Cl2FN4O4. The standard InChI is InChI=1S/C28H33Cl2FN4O4/c1-28(9-10-28)26(37)34-12-7-17(8-13-34)25(36)35-15-19(18-5-6-20(29)21(30)14-18)22(16-35)33(2)27(38)39-23-4-3-11-32-24(23)31/h3-4,6,11,14,17-19,22H,5,7-10,12-13,15-16H2,1-2H3/t18?,19-,22+/m0/s1. The van der Waals surface area contributed by atoms with Crippen molar-refractivity contribution >= 4 is 41.1 Å². The second-order valence-corrected chi connectivity index (χ2v) is 12.2. The highest BCUT2D eigenvalue weighted by molar-refractivity contribution is 6.44. The number of rotatable bonds is 5. The summed E-state index contributed by atoms with van der Waals surface area (Å²) in [4.78, 5) is 48.1. The summed E-state index contributed by atoms with van der Waals surface area (Å²) in [5.74, 6) is -1.25. The van der Waals surface area contributed by atoms with Gasteiger partial charge in [-0.15, -0.1) is 0 Å². The molecule has 3 amide bonds. The van der Waals surface area contributed by atoms with E-state index in [-0.39, 0.29) is 46.8 Å². The minimum Gasteiger partial charge on any atom is -0.405 e. The molecule has 0 aromatic carbocycles. The molecule has 210 valence electrons. The van der Waals surface area contributed by atoms with E-state index in [0.29, 0.717) is 55.5 Å². The van der Waals surface area contributed by atoms with E-state index in [9.17, 15) is 18.8 Å². The van der Waals surface area contributed by atoms with Crippen molar-refractivity contribution in [3.8, 4) is 5.75 Å². The Labute approximate surface area is 237 Å². The predicted octanol–water partition coefficient (Wildman–Crippen LogP) is 4.78. The van der Waals surface area contributed by atoms with Crippen molar-refractivity contribution in [2.45, 2.75) is 45.1 Å². The van der Waals surface area contributed by atoms with Gasteiger partial charge in [-0.3, -0.25) is 9.59 Å². The van der Waals surface area contributed by atoms with E-state index in [4.69, 9.17) is 27.9 Å². The lowest BCUT2D eigenvalue weighted by molar-refractivity contribution is -0.142. The van der Waals surface area contributed by atoms with Gasteiger partial charge in [0.1, 0.15) is 0 Å². The number of nitrogens with zero attached hydrogens (tertiary/aromatic N) is 4. The largest absolute Gasteiger partial charge is 0.415 e. The van der Waals surface area contributed by atoms with Gasteiger partial charge in [0.15, 0.2) is 5.75 Å². The van der Waals surface area contributed by atoms with Gasteiger partial charge < -0.3 is 19.4 Å². The molecule has 1 aromatic heterocycles.